The smallest absolute Gasteiger partial charge is 0.241 e. The van der Waals surface area contributed by atoms with Gasteiger partial charge in [0.05, 0.1) is 12.2 Å². The lowest BCUT2D eigenvalue weighted by atomic mass is 10.2. The second kappa shape index (κ2) is 6.85. The van der Waals surface area contributed by atoms with Gasteiger partial charge < -0.3 is 4.52 Å². The topological polar surface area (TPSA) is 67.9 Å². The minimum atomic E-state index is 0.115. The highest BCUT2D eigenvalue weighted by Crippen LogP contribution is 2.21. The van der Waals surface area contributed by atoms with E-state index in [9.17, 15) is 0 Å². The maximum Gasteiger partial charge on any atom is 0.241 e. The first-order valence-electron chi connectivity index (χ1n) is 7.18. The molecule has 1 atom stereocenters. The molecule has 6 nitrogen and oxygen atoms in total. The quantitative estimate of drug-likeness (QED) is 0.715. The molecule has 118 valence electrons. The standard InChI is InChI=1S/C16H16ClN5O/c1-11(14-7-8-18-10-19-14)22(2)9-15-20-16(21-23-15)12-3-5-13(17)6-4-12/h3-8,10-11H,9H2,1-2H3. The highest BCUT2D eigenvalue weighted by Gasteiger charge is 2.17. The van der Waals surface area contributed by atoms with Crippen LogP contribution in [0.25, 0.3) is 11.4 Å². The Morgan fingerprint density at radius 1 is 1.22 bits per heavy atom. The van der Waals surface area contributed by atoms with Crippen molar-refractivity contribution in [1.82, 2.24) is 25.0 Å². The molecular formula is C16H16ClN5O. The number of rotatable bonds is 5. The van der Waals surface area contributed by atoms with Crippen LogP contribution in [0.3, 0.4) is 0 Å². The summed E-state index contributed by atoms with van der Waals surface area (Å²) in [4.78, 5) is 14.7. The van der Waals surface area contributed by atoms with Crippen LogP contribution in [0.1, 0.15) is 24.6 Å². The Hall–Kier alpha value is -2.31. The van der Waals surface area contributed by atoms with Crippen molar-refractivity contribution in [2.24, 2.45) is 0 Å². The molecule has 2 heterocycles. The second-order valence-corrected chi connectivity index (χ2v) is 5.68. The van der Waals surface area contributed by atoms with Crippen molar-refractivity contribution in [3.63, 3.8) is 0 Å². The van der Waals surface area contributed by atoms with Crippen LogP contribution in [0.15, 0.2) is 47.4 Å². The average molecular weight is 330 g/mol. The van der Waals surface area contributed by atoms with Gasteiger partial charge in [-0.2, -0.15) is 4.98 Å². The second-order valence-electron chi connectivity index (χ2n) is 5.24. The van der Waals surface area contributed by atoms with Crippen LogP contribution in [0.5, 0.6) is 0 Å². The zero-order chi connectivity index (χ0) is 16.2. The Morgan fingerprint density at radius 3 is 2.70 bits per heavy atom. The van der Waals surface area contributed by atoms with Crippen LogP contribution < -0.4 is 0 Å². The van der Waals surface area contributed by atoms with Crippen molar-refractivity contribution >= 4 is 11.6 Å². The highest BCUT2D eigenvalue weighted by atomic mass is 35.5. The van der Waals surface area contributed by atoms with Crippen LogP contribution in [-0.4, -0.2) is 32.1 Å². The summed E-state index contributed by atoms with van der Waals surface area (Å²) in [6.07, 6.45) is 3.28. The van der Waals surface area contributed by atoms with Crippen molar-refractivity contribution in [3.8, 4) is 11.4 Å². The molecule has 0 bridgehead atoms. The first-order valence-corrected chi connectivity index (χ1v) is 7.56. The summed E-state index contributed by atoms with van der Waals surface area (Å²) in [5.41, 5.74) is 1.82. The normalized spacial score (nSPS) is 12.5. The summed E-state index contributed by atoms with van der Waals surface area (Å²) in [5.74, 6) is 1.11. The van der Waals surface area contributed by atoms with Gasteiger partial charge in [0.2, 0.25) is 11.7 Å². The molecule has 0 aliphatic heterocycles. The molecule has 2 aromatic heterocycles. The maximum absolute atomic E-state index is 5.88. The van der Waals surface area contributed by atoms with E-state index in [1.807, 2.05) is 25.2 Å². The van der Waals surface area contributed by atoms with Crippen molar-refractivity contribution in [2.45, 2.75) is 19.5 Å². The first kappa shape index (κ1) is 15.6. The van der Waals surface area contributed by atoms with Crippen LogP contribution in [0, 0.1) is 0 Å². The number of hydrogen-bond donors (Lipinski definition) is 0. The number of halogens is 1. The van der Waals surface area contributed by atoms with Gasteiger partial charge in [0.25, 0.3) is 0 Å². The molecule has 0 radical (unpaired) electrons. The molecule has 0 saturated carbocycles. The summed E-state index contributed by atoms with van der Waals surface area (Å²) >= 11 is 5.88. The van der Waals surface area contributed by atoms with Crippen LogP contribution in [-0.2, 0) is 6.54 Å². The van der Waals surface area contributed by atoms with E-state index in [1.165, 1.54) is 0 Å². The Labute approximate surface area is 139 Å². The van der Waals surface area contributed by atoms with E-state index in [2.05, 4.69) is 31.9 Å². The molecule has 23 heavy (non-hydrogen) atoms. The monoisotopic (exact) mass is 329 g/mol. The van der Waals surface area contributed by atoms with Gasteiger partial charge in [-0.15, -0.1) is 0 Å². The molecule has 3 rings (SSSR count). The van der Waals surface area contributed by atoms with Gasteiger partial charge in [0.1, 0.15) is 6.33 Å². The van der Waals surface area contributed by atoms with Gasteiger partial charge in [0.15, 0.2) is 0 Å². The Bertz CT molecular complexity index is 760. The summed E-state index contributed by atoms with van der Waals surface area (Å²) in [6.45, 7) is 2.60. The maximum atomic E-state index is 5.88. The lowest BCUT2D eigenvalue weighted by Crippen LogP contribution is -2.22. The molecule has 0 spiro atoms. The van der Waals surface area contributed by atoms with Crippen molar-refractivity contribution in [1.29, 1.82) is 0 Å². The molecule has 3 aromatic rings. The predicted octanol–water partition coefficient (Wildman–Crippen LogP) is 3.37. The van der Waals surface area contributed by atoms with Gasteiger partial charge in [-0.1, -0.05) is 16.8 Å². The SMILES string of the molecule is CC(c1ccncn1)N(C)Cc1nc(-c2ccc(Cl)cc2)no1. The van der Waals surface area contributed by atoms with E-state index in [1.54, 1.807) is 24.7 Å². The number of benzene rings is 1. The summed E-state index contributed by atoms with van der Waals surface area (Å²) in [5, 5.41) is 4.70. The highest BCUT2D eigenvalue weighted by molar-refractivity contribution is 6.30. The largest absolute Gasteiger partial charge is 0.338 e. The van der Waals surface area contributed by atoms with Crippen molar-refractivity contribution in [3.05, 3.63) is 59.5 Å². The lowest BCUT2D eigenvalue weighted by Gasteiger charge is -2.22. The first-order chi connectivity index (χ1) is 11.1. The van der Waals surface area contributed by atoms with Gasteiger partial charge in [0, 0.05) is 22.8 Å². The third-order valence-electron chi connectivity index (χ3n) is 3.65. The van der Waals surface area contributed by atoms with E-state index in [4.69, 9.17) is 16.1 Å². The van der Waals surface area contributed by atoms with E-state index in [0.717, 1.165) is 11.3 Å². The van der Waals surface area contributed by atoms with Gasteiger partial charge in [-0.25, -0.2) is 9.97 Å². The van der Waals surface area contributed by atoms with Crippen LogP contribution >= 0.6 is 11.6 Å². The predicted molar refractivity (Wildman–Crippen MR) is 86.7 cm³/mol. The molecule has 0 N–H and O–H groups in total. The summed E-state index contributed by atoms with van der Waals surface area (Å²) in [7, 11) is 1.99. The molecule has 1 aromatic carbocycles. The van der Waals surface area contributed by atoms with Gasteiger partial charge >= 0.3 is 0 Å². The summed E-state index contributed by atoms with van der Waals surface area (Å²) < 4.78 is 5.34. The Balaban J connectivity index is 1.70. The van der Waals surface area contributed by atoms with E-state index >= 15 is 0 Å². The van der Waals surface area contributed by atoms with Crippen LogP contribution in [0.2, 0.25) is 5.02 Å². The minimum Gasteiger partial charge on any atom is -0.338 e. The molecule has 0 fully saturated rings. The minimum absolute atomic E-state index is 0.115. The number of aromatic nitrogens is 4. The van der Waals surface area contributed by atoms with E-state index in [0.29, 0.717) is 23.3 Å². The third kappa shape index (κ3) is 3.72. The van der Waals surface area contributed by atoms with E-state index < -0.39 is 0 Å². The van der Waals surface area contributed by atoms with Crippen molar-refractivity contribution in [2.75, 3.05) is 7.05 Å². The van der Waals surface area contributed by atoms with Crippen molar-refractivity contribution < 1.29 is 4.52 Å². The third-order valence-corrected chi connectivity index (χ3v) is 3.90. The zero-order valence-corrected chi connectivity index (χ0v) is 13.6. The molecule has 0 aliphatic carbocycles. The molecule has 1 unspecified atom stereocenters. The Morgan fingerprint density at radius 2 is 2.00 bits per heavy atom. The zero-order valence-electron chi connectivity index (χ0n) is 12.8. The molecule has 0 amide bonds. The lowest BCUT2D eigenvalue weighted by molar-refractivity contribution is 0.213. The fourth-order valence-corrected chi connectivity index (χ4v) is 2.29. The van der Waals surface area contributed by atoms with Crippen LogP contribution in [0.4, 0.5) is 0 Å². The molecular weight excluding hydrogens is 314 g/mol. The summed E-state index contributed by atoms with van der Waals surface area (Å²) in [6, 6.07) is 9.35. The fourth-order valence-electron chi connectivity index (χ4n) is 2.16. The van der Waals surface area contributed by atoms with Gasteiger partial charge in [-0.05, 0) is 44.3 Å². The number of nitrogens with zero attached hydrogens (tertiary/aromatic N) is 5. The van der Waals surface area contributed by atoms with Gasteiger partial charge in [-0.3, -0.25) is 4.90 Å². The molecule has 7 heteroatoms. The van der Waals surface area contributed by atoms with E-state index in [-0.39, 0.29) is 6.04 Å². The average Bonchev–Trinajstić information content (AvgIpc) is 3.04. The number of hydrogen-bond acceptors (Lipinski definition) is 6. The molecule has 0 saturated heterocycles. The fraction of sp³-hybridized carbons (Fsp3) is 0.250. The molecule has 0 aliphatic rings. The Kier molecular flexibility index (Phi) is 4.64.